The molecule has 1 heterocycles. The number of nitrogens with zero attached hydrogens (tertiary/aromatic N) is 2. The van der Waals surface area contributed by atoms with E-state index >= 15 is 0 Å². The minimum atomic E-state index is -0.275. The van der Waals surface area contributed by atoms with Crippen LogP contribution in [0.2, 0.25) is 0 Å². The van der Waals surface area contributed by atoms with Gasteiger partial charge in [-0.3, -0.25) is 9.59 Å². The molecule has 2 aromatic rings. The first kappa shape index (κ1) is 18.5. The third kappa shape index (κ3) is 4.67. The molecule has 26 heavy (non-hydrogen) atoms. The predicted molar refractivity (Wildman–Crippen MR) is 105 cm³/mol. The molecule has 0 bridgehead atoms. The fourth-order valence-electron chi connectivity index (χ4n) is 3.14. The Morgan fingerprint density at radius 1 is 0.846 bits per heavy atom. The Bertz CT molecular complexity index is 736. The molecule has 0 aromatic heterocycles. The maximum atomic E-state index is 13.3. The highest BCUT2D eigenvalue weighted by molar-refractivity contribution is 8.00. The predicted octanol–water partition coefficient (Wildman–Crippen LogP) is 3.60. The van der Waals surface area contributed by atoms with Crippen LogP contribution in [-0.2, 0) is 9.59 Å². The normalized spacial score (nSPS) is 16.0. The van der Waals surface area contributed by atoms with E-state index in [1.807, 2.05) is 70.5 Å². The van der Waals surface area contributed by atoms with Crippen LogP contribution in [0.15, 0.2) is 65.6 Å². The monoisotopic (exact) mass is 368 g/mol. The lowest BCUT2D eigenvalue weighted by Gasteiger charge is -2.26. The summed E-state index contributed by atoms with van der Waals surface area (Å²) in [6.45, 7) is 4.22. The highest BCUT2D eigenvalue weighted by Gasteiger charge is 2.28. The van der Waals surface area contributed by atoms with Gasteiger partial charge in [0.25, 0.3) is 0 Å². The third-order valence-corrected chi connectivity index (χ3v) is 5.83. The molecule has 2 aromatic carbocycles. The van der Waals surface area contributed by atoms with E-state index in [9.17, 15) is 9.59 Å². The molecule has 0 spiro atoms. The maximum Gasteiger partial charge on any atom is 0.240 e. The molecule has 0 radical (unpaired) electrons. The molecule has 1 atom stereocenters. The Morgan fingerprint density at radius 2 is 1.42 bits per heavy atom. The molecule has 3 rings (SSSR count). The van der Waals surface area contributed by atoms with Crippen molar-refractivity contribution in [2.24, 2.45) is 0 Å². The average molecular weight is 369 g/mol. The second kappa shape index (κ2) is 8.90. The fraction of sp³-hybridized carbons (Fsp3) is 0.333. The van der Waals surface area contributed by atoms with Gasteiger partial charge in [-0.15, -0.1) is 11.8 Å². The number of rotatable bonds is 4. The van der Waals surface area contributed by atoms with Gasteiger partial charge in [-0.05, 0) is 24.1 Å². The Hall–Kier alpha value is -2.27. The average Bonchev–Trinajstić information content (AvgIpc) is 2.93. The summed E-state index contributed by atoms with van der Waals surface area (Å²) < 4.78 is 0. The van der Waals surface area contributed by atoms with E-state index < -0.39 is 0 Å². The summed E-state index contributed by atoms with van der Waals surface area (Å²) in [7, 11) is 0. The van der Waals surface area contributed by atoms with Gasteiger partial charge in [0, 0.05) is 38.0 Å². The second-order valence-corrected chi connectivity index (χ2v) is 7.59. The van der Waals surface area contributed by atoms with Crippen LogP contribution in [0.25, 0.3) is 0 Å². The van der Waals surface area contributed by atoms with Crippen LogP contribution in [0.1, 0.15) is 24.2 Å². The zero-order valence-corrected chi connectivity index (χ0v) is 15.8. The molecule has 1 aliphatic rings. The van der Waals surface area contributed by atoms with Crippen LogP contribution in [0.4, 0.5) is 0 Å². The number of carbonyl (C=O) groups is 2. The SMILES string of the molecule is CC(=O)N1CCCN(C(=O)C(Sc2ccccc2)c2ccccc2)CC1. The molecule has 1 saturated heterocycles. The van der Waals surface area contributed by atoms with Crippen LogP contribution in [-0.4, -0.2) is 47.8 Å². The first-order valence-electron chi connectivity index (χ1n) is 8.96. The molecule has 0 aliphatic carbocycles. The van der Waals surface area contributed by atoms with E-state index in [0.717, 1.165) is 23.4 Å². The van der Waals surface area contributed by atoms with Crippen molar-refractivity contribution >= 4 is 23.6 Å². The number of carbonyl (C=O) groups excluding carboxylic acids is 2. The summed E-state index contributed by atoms with van der Waals surface area (Å²) in [6, 6.07) is 20.0. The van der Waals surface area contributed by atoms with Crippen molar-refractivity contribution in [1.82, 2.24) is 9.80 Å². The largest absolute Gasteiger partial charge is 0.341 e. The first-order chi connectivity index (χ1) is 12.6. The smallest absolute Gasteiger partial charge is 0.240 e. The molecule has 1 unspecified atom stereocenters. The molecular weight excluding hydrogens is 344 g/mol. The molecule has 0 N–H and O–H groups in total. The van der Waals surface area contributed by atoms with Crippen LogP contribution in [0.3, 0.4) is 0 Å². The van der Waals surface area contributed by atoms with Crippen LogP contribution >= 0.6 is 11.8 Å². The maximum absolute atomic E-state index is 13.3. The van der Waals surface area contributed by atoms with E-state index in [1.165, 1.54) is 0 Å². The minimum absolute atomic E-state index is 0.0811. The molecule has 2 amide bonds. The van der Waals surface area contributed by atoms with Gasteiger partial charge in [-0.1, -0.05) is 48.5 Å². The van der Waals surface area contributed by atoms with Gasteiger partial charge in [0.2, 0.25) is 11.8 Å². The third-order valence-electron chi connectivity index (χ3n) is 4.58. The fourth-order valence-corrected chi connectivity index (χ4v) is 4.27. The van der Waals surface area contributed by atoms with Crippen molar-refractivity contribution in [2.75, 3.05) is 26.2 Å². The lowest BCUT2D eigenvalue weighted by molar-refractivity contribution is -0.132. The van der Waals surface area contributed by atoms with Gasteiger partial charge < -0.3 is 9.80 Å². The van der Waals surface area contributed by atoms with E-state index in [2.05, 4.69) is 0 Å². The Labute approximate surface area is 159 Å². The van der Waals surface area contributed by atoms with E-state index in [-0.39, 0.29) is 17.1 Å². The number of benzene rings is 2. The van der Waals surface area contributed by atoms with Gasteiger partial charge in [-0.2, -0.15) is 0 Å². The van der Waals surface area contributed by atoms with E-state index in [4.69, 9.17) is 0 Å². The molecule has 1 fully saturated rings. The Morgan fingerprint density at radius 3 is 2.08 bits per heavy atom. The molecule has 136 valence electrons. The second-order valence-electron chi connectivity index (χ2n) is 6.41. The summed E-state index contributed by atoms with van der Waals surface area (Å²) in [4.78, 5) is 29.8. The van der Waals surface area contributed by atoms with Crippen molar-refractivity contribution in [3.8, 4) is 0 Å². The van der Waals surface area contributed by atoms with Crippen LogP contribution in [0.5, 0.6) is 0 Å². The molecule has 5 heteroatoms. The topological polar surface area (TPSA) is 40.6 Å². The Balaban J connectivity index is 1.79. The molecule has 1 aliphatic heterocycles. The zero-order valence-electron chi connectivity index (χ0n) is 15.0. The highest BCUT2D eigenvalue weighted by atomic mass is 32.2. The number of hydrogen-bond donors (Lipinski definition) is 0. The lowest BCUT2D eigenvalue weighted by atomic mass is 10.1. The van der Waals surface area contributed by atoms with Crippen molar-refractivity contribution in [2.45, 2.75) is 23.5 Å². The van der Waals surface area contributed by atoms with E-state index in [1.54, 1.807) is 18.7 Å². The summed E-state index contributed by atoms with van der Waals surface area (Å²) in [5.41, 5.74) is 1.01. The van der Waals surface area contributed by atoms with Crippen LogP contribution < -0.4 is 0 Å². The van der Waals surface area contributed by atoms with Crippen molar-refractivity contribution in [3.63, 3.8) is 0 Å². The van der Waals surface area contributed by atoms with Gasteiger partial charge in [-0.25, -0.2) is 0 Å². The summed E-state index contributed by atoms with van der Waals surface area (Å²) >= 11 is 1.59. The van der Waals surface area contributed by atoms with Crippen molar-refractivity contribution < 1.29 is 9.59 Å². The summed E-state index contributed by atoms with van der Waals surface area (Å²) in [6.07, 6.45) is 0.822. The molecule has 4 nitrogen and oxygen atoms in total. The molecule has 0 saturated carbocycles. The number of thioether (sulfide) groups is 1. The van der Waals surface area contributed by atoms with E-state index in [0.29, 0.717) is 19.6 Å². The van der Waals surface area contributed by atoms with Gasteiger partial charge in [0.05, 0.1) is 0 Å². The lowest BCUT2D eigenvalue weighted by Crippen LogP contribution is -2.38. The van der Waals surface area contributed by atoms with Crippen molar-refractivity contribution in [3.05, 3.63) is 66.2 Å². The number of amides is 2. The summed E-state index contributed by atoms with van der Waals surface area (Å²) in [5.74, 6) is 0.202. The van der Waals surface area contributed by atoms with Crippen LogP contribution in [0, 0.1) is 0 Å². The summed E-state index contributed by atoms with van der Waals surface area (Å²) in [5, 5.41) is -0.275. The van der Waals surface area contributed by atoms with Gasteiger partial charge in [0.15, 0.2) is 0 Å². The number of hydrogen-bond acceptors (Lipinski definition) is 3. The minimum Gasteiger partial charge on any atom is -0.341 e. The first-order valence-corrected chi connectivity index (χ1v) is 9.84. The Kier molecular flexibility index (Phi) is 6.34. The quantitative estimate of drug-likeness (QED) is 0.774. The van der Waals surface area contributed by atoms with Gasteiger partial charge in [0.1, 0.15) is 5.25 Å². The standard InChI is InChI=1S/C21H24N2O2S/c1-17(24)22-13-8-14-23(16-15-22)21(25)20(18-9-4-2-5-10-18)26-19-11-6-3-7-12-19/h2-7,9-12,20H,8,13-16H2,1H3. The highest BCUT2D eigenvalue weighted by Crippen LogP contribution is 2.36. The zero-order chi connectivity index (χ0) is 18.4. The van der Waals surface area contributed by atoms with Crippen molar-refractivity contribution in [1.29, 1.82) is 0 Å². The van der Waals surface area contributed by atoms with Gasteiger partial charge >= 0.3 is 0 Å². The molecular formula is C21H24N2O2S.